The molecule has 0 spiro atoms. The highest BCUT2D eigenvalue weighted by Crippen LogP contribution is 2.18. The standard InChI is InChI=1S/C13H17N/c1-3-5-11-6-7-12-8-9-14(4-2)13(12)10-11/h6-10H,3-5H2,1-2H3. The van der Waals surface area contributed by atoms with Crippen molar-refractivity contribution in [3.8, 4) is 0 Å². The molecule has 14 heavy (non-hydrogen) atoms. The monoisotopic (exact) mass is 187 g/mol. The summed E-state index contributed by atoms with van der Waals surface area (Å²) in [6.07, 6.45) is 4.57. The molecule has 0 bridgehead atoms. The molecular weight excluding hydrogens is 170 g/mol. The first-order chi connectivity index (χ1) is 6.85. The van der Waals surface area contributed by atoms with Gasteiger partial charge in [0, 0.05) is 18.3 Å². The van der Waals surface area contributed by atoms with Crippen LogP contribution < -0.4 is 0 Å². The first-order valence-electron chi connectivity index (χ1n) is 5.43. The van der Waals surface area contributed by atoms with Crippen LogP contribution in [0.15, 0.2) is 30.5 Å². The molecule has 0 unspecified atom stereocenters. The third-order valence-electron chi connectivity index (χ3n) is 2.72. The zero-order valence-corrected chi connectivity index (χ0v) is 8.96. The molecule has 0 radical (unpaired) electrons. The van der Waals surface area contributed by atoms with Gasteiger partial charge in [0.1, 0.15) is 0 Å². The molecule has 2 rings (SSSR count). The van der Waals surface area contributed by atoms with Gasteiger partial charge in [-0.2, -0.15) is 0 Å². The number of nitrogens with zero attached hydrogens (tertiary/aromatic N) is 1. The van der Waals surface area contributed by atoms with Gasteiger partial charge in [-0.25, -0.2) is 0 Å². The summed E-state index contributed by atoms with van der Waals surface area (Å²) in [6.45, 7) is 5.47. The second-order valence-corrected chi connectivity index (χ2v) is 3.74. The summed E-state index contributed by atoms with van der Waals surface area (Å²) >= 11 is 0. The van der Waals surface area contributed by atoms with Crippen molar-refractivity contribution < 1.29 is 0 Å². The number of fused-ring (bicyclic) bond motifs is 1. The van der Waals surface area contributed by atoms with E-state index in [4.69, 9.17) is 0 Å². The van der Waals surface area contributed by atoms with Gasteiger partial charge in [0.15, 0.2) is 0 Å². The Labute approximate surface area is 85.4 Å². The first-order valence-corrected chi connectivity index (χ1v) is 5.43. The van der Waals surface area contributed by atoms with Crippen LogP contribution in [0.3, 0.4) is 0 Å². The van der Waals surface area contributed by atoms with Crippen molar-refractivity contribution in [2.45, 2.75) is 33.2 Å². The van der Waals surface area contributed by atoms with Gasteiger partial charge in [0.25, 0.3) is 0 Å². The molecule has 0 saturated carbocycles. The number of hydrogen-bond acceptors (Lipinski definition) is 0. The van der Waals surface area contributed by atoms with Gasteiger partial charge in [-0.1, -0.05) is 25.5 Å². The third kappa shape index (κ3) is 1.54. The molecule has 0 fully saturated rings. The van der Waals surface area contributed by atoms with Crippen LogP contribution in [0.5, 0.6) is 0 Å². The maximum absolute atomic E-state index is 2.32. The molecule has 0 N–H and O–H groups in total. The molecule has 0 amide bonds. The topological polar surface area (TPSA) is 4.93 Å². The molecule has 0 aliphatic carbocycles. The van der Waals surface area contributed by atoms with Crippen LogP contribution in [0.2, 0.25) is 0 Å². The summed E-state index contributed by atoms with van der Waals surface area (Å²) in [5, 5.41) is 1.35. The van der Waals surface area contributed by atoms with Gasteiger partial charge < -0.3 is 4.57 Å². The van der Waals surface area contributed by atoms with E-state index in [9.17, 15) is 0 Å². The van der Waals surface area contributed by atoms with E-state index in [-0.39, 0.29) is 0 Å². The zero-order valence-electron chi connectivity index (χ0n) is 8.96. The average molecular weight is 187 g/mol. The quantitative estimate of drug-likeness (QED) is 0.691. The predicted octanol–water partition coefficient (Wildman–Crippen LogP) is 3.61. The van der Waals surface area contributed by atoms with E-state index in [1.807, 2.05) is 0 Å². The Morgan fingerprint density at radius 1 is 1.14 bits per heavy atom. The van der Waals surface area contributed by atoms with E-state index in [1.54, 1.807) is 0 Å². The molecule has 1 heterocycles. The Hall–Kier alpha value is -1.24. The lowest BCUT2D eigenvalue weighted by molar-refractivity contribution is 0.796. The highest BCUT2D eigenvalue weighted by molar-refractivity contribution is 5.80. The molecule has 1 aromatic carbocycles. The van der Waals surface area contributed by atoms with E-state index in [1.165, 1.54) is 29.3 Å². The number of rotatable bonds is 3. The van der Waals surface area contributed by atoms with Gasteiger partial charge in [-0.15, -0.1) is 0 Å². The van der Waals surface area contributed by atoms with E-state index >= 15 is 0 Å². The largest absolute Gasteiger partial charge is 0.348 e. The Morgan fingerprint density at radius 2 is 2.00 bits per heavy atom. The normalized spacial score (nSPS) is 11.0. The summed E-state index contributed by atoms with van der Waals surface area (Å²) in [6, 6.07) is 8.98. The Balaban J connectivity index is 2.50. The molecule has 0 aliphatic rings. The van der Waals surface area contributed by atoms with Crippen molar-refractivity contribution in [1.29, 1.82) is 0 Å². The lowest BCUT2D eigenvalue weighted by atomic mass is 10.1. The van der Waals surface area contributed by atoms with Crippen LogP contribution in [-0.2, 0) is 13.0 Å². The minimum absolute atomic E-state index is 1.05. The highest BCUT2D eigenvalue weighted by atomic mass is 14.9. The number of benzene rings is 1. The highest BCUT2D eigenvalue weighted by Gasteiger charge is 2.00. The second-order valence-electron chi connectivity index (χ2n) is 3.74. The smallest absolute Gasteiger partial charge is 0.0482 e. The Morgan fingerprint density at radius 3 is 2.71 bits per heavy atom. The zero-order chi connectivity index (χ0) is 9.97. The third-order valence-corrected chi connectivity index (χ3v) is 2.72. The van der Waals surface area contributed by atoms with E-state index in [2.05, 4.69) is 48.9 Å². The van der Waals surface area contributed by atoms with Crippen molar-refractivity contribution in [3.05, 3.63) is 36.0 Å². The molecule has 2 aromatic rings. The first kappa shape index (κ1) is 9.32. The summed E-state index contributed by atoms with van der Waals surface area (Å²) in [4.78, 5) is 0. The van der Waals surface area contributed by atoms with Gasteiger partial charge in [0.2, 0.25) is 0 Å². The van der Waals surface area contributed by atoms with Crippen LogP contribution in [-0.4, -0.2) is 4.57 Å². The van der Waals surface area contributed by atoms with E-state index in [0.29, 0.717) is 0 Å². The molecule has 0 saturated heterocycles. The fraction of sp³-hybridized carbons (Fsp3) is 0.385. The van der Waals surface area contributed by atoms with Crippen LogP contribution in [0.4, 0.5) is 0 Å². The maximum Gasteiger partial charge on any atom is 0.0482 e. The lowest BCUT2D eigenvalue weighted by Gasteiger charge is -2.03. The van der Waals surface area contributed by atoms with Crippen LogP contribution in [0, 0.1) is 0 Å². The van der Waals surface area contributed by atoms with Crippen molar-refractivity contribution in [2.24, 2.45) is 0 Å². The average Bonchev–Trinajstić information content (AvgIpc) is 2.60. The molecule has 0 aliphatic heterocycles. The minimum atomic E-state index is 1.05. The second kappa shape index (κ2) is 3.87. The molecule has 74 valence electrons. The van der Waals surface area contributed by atoms with Crippen molar-refractivity contribution in [1.82, 2.24) is 4.57 Å². The van der Waals surface area contributed by atoms with E-state index < -0.39 is 0 Å². The molecule has 1 heteroatoms. The van der Waals surface area contributed by atoms with Crippen LogP contribution >= 0.6 is 0 Å². The Kier molecular flexibility index (Phi) is 2.58. The minimum Gasteiger partial charge on any atom is -0.348 e. The van der Waals surface area contributed by atoms with Crippen molar-refractivity contribution >= 4 is 10.9 Å². The van der Waals surface area contributed by atoms with Gasteiger partial charge in [-0.3, -0.25) is 0 Å². The Bertz CT molecular complexity index is 426. The summed E-state index contributed by atoms with van der Waals surface area (Å²) in [7, 11) is 0. The lowest BCUT2D eigenvalue weighted by Crippen LogP contribution is -1.91. The van der Waals surface area contributed by atoms with Crippen molar-refractivity contribution in [3.63, 3.8) is 0 Å². The van der Waals surface area contributed by atoms with Crippen molar-refractivity contribution in [2.75, 3.05) is 0 Å². The van der Waals surface area contributed by atoms with E-state index in [0.717, 1.165) is 6.54 Å². The fourth-order valence-corrected chi connectivity index (χ4v) is 1.95. The number of hydrogen-bond donors (Lipinski definition) is 0. The van der Waals surface area contributed by atoms with Crippen LogP contribution in [0.25, 0.3) is 10.9 Å². The SMILES string of the molecule is CCCc1ccc2ccn(CC)c2c1. The molecule has 0 atom stereocenters. The summed E-state index contributed by atoms with van der Waals surface area (Å²) in [5.74, 6) is 0. The summed E-state index contributed by atoms with van der Waals surface area (Å²) < 4.78 is 2.30. The predicted molar refractivity (Wildman–Crippen MR) is 61.6 cm³/mol. The van der Waals surface area contributed by atoms with Gasteiger partial charge in [-0.05, 0) is 36.4 Å². The molecular formula is C13H17N. The molecule has 1 nitrogen and oxygen atoms in total. The number of aryl methyl sites for hydroxylation is 2. The molecule has 1 aromatic heterocycles. The summed E-state index contributed by atoms with van der Waals surface area (Å²) in [5.41, 5.74) is 2.83. The number of aromatic nitrogens is 1. The van der Waals surface area contributed by atoms with Crippen LogP contribution in [0.1, 0.15) is 25.8 Å². The fourth-order valence-electron chi connectivity index (χ4n) is 1.95. The van der Waals surface area contributed by atoms with Gasteiger partial charge in [0.05, 0.1) is 0 Å². The van der Waals surface area contributed by atoms with Gasteiger partial charge >= 0.3 is 0 Å². The maximum atomic E-state index is 2.32.